The van der Waals surface area contributed by atoms with Crippen molar-refractivity contribution in [2.24, 2.45) is 0 Å². The van der Waals surface area contributed by atoms with Gasteiger partial charge in [0.2, 0.25) is 5.95 Å². The van der Waals surface area contributed by atoms with Gasteiger partial charge in [-0.15, -0.1) is 0 Å². The van der Waals surface area contributed by atoms with Crippen LogP contribution in [0.3, 0.4) is 0 Å². The predicted molar refractivity (Wildman–Crippen MR) is 85.0 cm³/mol. The highest BCUT2D eigenvalue weighted by Gasteiger charge is 2.06. The zero-order valence-electron chi connectivity index (χ0n) is 12.4. The molecule has 0 amide bonds. The number of nitrogen functional groups attached to an aromatic ring is 1. The molecule has 0 bridgehead atoms. The van der Waals surface area contributed by atoms with Crippen molar-refractivity contribution in [3.8, 4) is 11.8 Å². The van der Waals surface area contributed by atoms with E-state index >= 15 is 0 Å². The molecule has 0 unspecified atom stereocenters. The fraction of sp³-hybridized carbons (Fsp3) is 0.188. The van der Waals surface area contributed by atoms with Gasteiger partial charge in [0.05, 0.1) is 5.39 Å². The summed E-state index contributed by atoms with van der Waals surface area (Å²) in [6.07, 6.45) is 1.19. The third-order valence-corrected chi connectivity index (χ3v) is 3.26. The molecule has 7 heteroatoms. The number of anilines is 1. The Morgan fingerprint density at radius 2 is 2.22 bits per heavy atom. The van der Waals surface area contributed by atoms with Gasteiger partial charge in [0, 0.05) is 19.0 Å². The maximum absolute atomic E-state index is 11.7. The van der Waals surface area contributed by atoms with Crippen molar-refractivity contribution < 1.29 is 9.21 Å². The first-order valence-corrected chi connectivity index (χ1v) is 7.00. The highest BCUT2D eigenvalue weighted by molar-refractivity contribution is 5.91. The van der Waals surface area contributed by atoms with E-state index < -0.39 is 0 Å². The van der Waals surface area contributed by atoms with Crippen LogP contribution in [0.5, 0.6) is 0 Å². The van der Waals surface area contributed by atoms with Gasteiger partial charge in [-0.05, 0) is 30.5 Å². The minimum absolute atomic E-state index is 0.0785. The summed E-state index contributed by atoms with van der Waals surface area (Å²) in [5, 5.41) is 0.472. The number of nitrogens with one attached hydrogen (secondary N) is 2. The highest BCUT2D eigenvalue weighted by atomic mass is 16.3. The molecule has 23 heavy (non-hydrogen) atoms. The Morgan fingerprint density at radius 1 is 1.39 bits per heavy atom. The summed E-state index contributed by atoms with van der Waals surface area (Å²) in [4.78, 5) is 32.4. The number of nitrogens with zero attached hydrogens (tertiary/aromatic N) is 1. The van der Waals surface area contributed by atoms with E-state index in [0.29, 0.717) is 35.4 Å². The molecule has 3 aromatic rings. The summed E-state index contributed by atoms with van der Waals surface area (Å²) >= 11 is 0. The zero-order valence-corrected chi connectivity index (χ0v) is 12.4. The molecule has 4 N–H and O–H groups in total. The average Bonchev–Trinajstić information content (AvgIpc) is 3.10. The number of aryl methyl sites for hydroxylation is 1. The van der Waals surface area contributed by atoms with Gasteiger partial charge in [0.1, 0.15) is 5.65 Å². The van der Waals surface area contributed by atoms with Gasteiger partial charge in [0.25, 0.3) is 5.56 Å². The molecule has 0 saturated carbocycles. The van der Waals surface area contributed by atoms with Crippen LogP contribution in [-0.2, 0) is 6.42 Å². The maximum Gasteiger partial charge on any atom is 0.261 e. The van der Waals surface area contributed by atoms with Crippen LogP contribution in [-0.4, -0.2) is 20.7 Å². The Morgan fingerprint density at radius 3 is 2.96 bits per heavy atom. The number of carbonyl (C=O) groups is 1. The van der Waals surface area contributed by atoms with Crippen LogP contribution < -0.4 is 11.3 Å². The number of hydrogen-bond acceptors (Lipinski definition) is 5. The first kappa shape index (κ1) is 14.7. The number of fused-ring (bicyclic) bond motifs is 1. The van der Waals surface area contributed by atoms with Crippen LogP contribution in [0.2, 0.25) is 0 Å². The number of aromatic amines is 2. The van der Waals surface area contributed by atoms with Crippen LogP contribution in [0.1, 0.15) is 35.4 Å². The third-order valence-electron chi connectivity index (χ3n) is 3.26. The van der Waals surface area contributed by atoms with Crippen molar-refractivity contribution in [2.75, 3.05) is 5.73 Å². The minimum atomic E-state index is -0.270. The first-order valence-electron chi connectivity index (χ1n) is 7.00. The number of carbonyl (C=O) groups excluding carboxylic acids is 1. The molecule has 0 aliphatic carbocycles. The number of aromatic nitrogens is 3. The number of rotatable bonds is 3. The molecule has 116 valence electrons. The monoisotopic (exact) mass is 310 g/mol. The van der Waals surface area contributed by atoms with Crippen molar-refractivity contribution >= 4 is 22.8 Å². The van der Waals surface area contributed by atoms with Crippen LogP contribution in [0.15, 0.2) is 27.4 Å². The summed E-state index contributed by atoms with van der Waals surface area (Å²) in [5.41, 5.74) is 6.54. The average molecular weight is 310 g/mol. The summed E-state index contributed by atoms with van der Waals surface area (Å²) in [6, 6.07) is 5.01. The number of hydrogen-bond donors (Lipinski definition) is 3. The van der Waals surface area contributed by atoms with Crippen molar-refractivity contribution in [3.05, 3.63) is 45.8 Å². The summed E-state index contributed by atoms with van der Waals surface area (Å²) in [6.45, 7) is 1.44. The number of H-pyrrole nitrogens is 2. The molecule has 3 aromatic heterocycles. The number of furan rings is 1. The van der Waals surface area contributed by atoms with Crippen molar-refractivity contribution in [1.82, 2.24) is 15.0 Å². The molecular formula is C16H14N4O3. The van der Waals surface area contributed by atoms with E-state index in [1.54, 1.807) is 18.2 Å². The number of nitrogens with two attached hydrogens (primary N) is 1. The molecule has 7 nitrogen and oxygen atoms in total. The van der Waals surface area contributed by atoms with E-state index in [9.17, 15) is 9.59 Å². The standard InChI is InChI=1S/C16H14N4O3/c1-9(21)13-7-6-11(23-13)5-3-2-4-10-8-12-14(18-10)19-16(17)20-15(12)22/h6-8H,2,4H2,1H3,(H4,17,18,19,20,22). The SMILES string of the molecule is CC(=O)c1ccc(C#CCCc2cc3c(=O)[nH]c(N)nc3[nH]2)o1. The summed E-state index contributed by atoms with van der Waals surface area (Å²) in [5.74, 6) is 6.53. The molecular weight excluding hydrogens is 296 g/mol. The zero-order chi connectivity index (χ0) is 16.4. The lowest BCUT2D eigenvalue weighted by molar-refractivity contribution is 0.0986. The quantitative estimate of drug-likeness (QED) is 0.502. The Labute approximate surface area is 130 Å². The van der Waals surface area contributed by atoms with Crippen molar-refractivity contribution in [2.45, 2.75) is 19.8 Å². The Hall–Kier alpha value is -3.27. The van der Waals surface area contributed by atoms with E-state index in [1.165, 1.54) is 6.92 Å². The Kier molecular flexibility index (Phi) is 3.73. The molecule has 0 radical (unpaired) electrons. The molecule has 0 saturated heterocycles. The van der Waals surface area contributed by atoms with Crippen molar-refractivity contribution in [3.63, 3.8) is 0 Å². The van der Waals surface area contributed by atoms with E-state index in [2.05, 4.69) is 26.8 Å². The van der Waals surface area contributed by atoms with Gasteiger partial charge in [-0.3, -0.25) is 14.6 Å². The van der Waals surface area contributed by atoms with Gasteiger partial charge >= 0.3 is 0 Å². The molecule has 3 heterocycles. The van der Waals surface area contributed by atoms with Gasteiger partial charge in [0.15, 0.2) is 17.3 Å². The van der Waals surface area contributed by atoms with Gasteiger partial charge in [-0.1, -0.05) is 5.92 Å². The first-order chi connectivity index (χ1) is 11.0. The van der Waals surface area contributed by atoms with Gasteiger partial charge in [-0.25, -0.2) is 0 Å². The molecule has 3 rings (SSSR count). The van der Waals surface area contributed by atoms with Gasteiger partial charge < -0.3 is 15.1 Å². The molecule has 0 aliphatic heterocycles. The maximum atomic E-state index is 11.7. The number of ketones is 1. The topological polar surface area (TPSA) is 118 Å². The lowest BCUT2D eigenvalue weighted by atomic mass is 10.2. The van der Waals surface area contributed by atoms with E-state index in [0.717, 1.165) is 5.69 Å². The van der Waals surface area contributed by atoms with Crippen molar-refractivity contribution in [1.29, 1.82) is 0 Å². The van der Waals surface area contributed by atoms with Crippen LogP contribution in [0, 0.1) is 11.8 Å². The molecule has 0 spiro atoms. The predicted octanol–water partition coefficient (Wildman–Crippen LogP) is 1.61. The smallest absolute Gasteiger partial charge is 0.261 e. The molecule has 0 fully saturated rings. The lowest BCUT2D eigenvalue weighted by Gasteiger charge is -1.91. The molecule has 0 aliphatic rings. The largest absolute Gasteiger partial charge is 0.445 e. The second kappa shape index (κ2) is 5.85. The normalized spacial score (nSPS) is 10.5. The fourth-order valence-corrected chi connectivity index (χ4v) is 2.17. The van der Waals surface area contributed by atoms with Gasteiger partial charge in [-0.2, -0.15) is 4.98 Å². The summed E-state index contributed by atoms with van der Waals surface area (Å²) < 4.78 is 5.27. The molecule has 0 atom stereocenters. The van der Waals surface area contributed by atoms with Crippen LogP contribution in [0.25, 0.3) is 11.0 Å². The Bertz CT molecular complexity index is 998. The second-order valence-corrected chi connectivity index (χ2v) is 5.03. The lowest BCUT2D eigenvalue weighted by Crippen LogP contribution is -2.09. The summed E-state index contributed by atoms with van der Waals surface area (Å²) in [7, 11) is 0. The Balaban J connectivity index is 1.69. The van der Waals surface area contributed by atoms with E-state index in [1.807, 2.05) is 0 Å². The highest BCUT2D eigenvalue weighted by Crippen LogP contribution is 2.11. The van der Waals surface area contributed by atoms with E-state index in [-0.39, 0.29) is 17.3 Å². The second-order valence-electron chi connectivity index (χ2n) is 5.03. The third kappa shape index (κ3) is 3.16. The van der Waals surface area contributed by atoms with Crippen LogP contribution in [0.4, 0.5) is 5.95 Å². The minimum Gasteiger partial charge on any atom is -0.445 e. The van der Waals surface area contributed by atoms with Crippen LogP contribution >= 0.6 is 0 Å². The fourth-order valence-electron chi connectivity index (χ4n) is 2.17. The number of Topliss-reactive ketones (excluding diaryl/α,β-unsaturated/α-hetero) is 1. The van der Waals surface area contributed by atoms with E-state index in [4.69, 9.17) is 10.2 Å². The molecule has 0 aromatic carbocycles.